The molecule has 0 aliphatic heterocycles. The summed E-state index contributed by atoms with van der Waals surface area (Å²) < 4.78 is 0.740. The van der Waals surface area contributed by atoms with Gasteiger partial charge in [0.1, 0.15) is 0 Å². The van der Waals surface area contributed by atoms with Gasteiger partial charge >= 0.3 is 0 Å². The quantitative estimate of drug-likeness (QED) is 0.557. The standard InChI is InChI=1S/C18H17ClN4OS2/c1-12(16(24)20-11-13-7-5-6-10-15(13)19)25-18-23-22-17(26-18)21-14-8-3-2-4-9-14/h2-10,12H,11H2,1H3,(H,20,24)(H,21,22)/t12-/m0/s1. The summed E-state index contributed by atoms with van der Waals surface area (Å²) in [6.45, 7) is 2.25. The van der Waals surface area contributed by atoms with E-state index in [9.17, 15) is 4.79 Å². The number of hydrogen-bond donors (Lipinski definition) is 2. The first-order chi connectivity index (χ1) is 12.6. The molecule has 0 aliphatic rings. The van der Waals surface area contributed by atoms with Crippen molar-refractivity contribution >= 4 is 51.4 Å². The first-order valence-corrected chi connectivity index (χ1v) is 10.0. The molecular formula is C18H17ClN4OS2. The Balaban J connectivity index is 1.52. The van der Waals surface area contributed by atoms with Crippen molar-refractivity contribution in [3.05, 3.63) is 65.2 Å². The van der Waals surface area contributed by atoms with E-state index in [4.69, 9.17) is 11.6 Å². The summed E-state index contributed by atoms with van der Waals surface area (Å²) in [4.78, 5) is 12.3. The predicted octanol–water partition coefficient (Wildman–Crippen LogP) is 4.73. The summed E-state index contributed by atoms with van der Waals surface area (Å²) in [5, 5.41) is 15.4. The lowest BCUT2D eigenvalue weighted by Crippen LogP contribution is -2.30. The molecule has 2 N–H and O–H groups in total. The molecule has 5 nitrogen and oxygen atoms in total. The van der Waals surface area contributed by atoms with Crippen molar-refractivity contribution in [1.82, 2.24) is 15.5 Å². The molecule has 0 fully saturated rings. The van der Waals surface area contributed by atoms with Gasteiger partial charge in [0, 0.05) is 17.3 Å². The Labute approximate surface area is 165 Å². The number of carbonyl (C=O) groups excluding carboxylic acids is 1. The molecule has 8 heteroatoms. The lowest BCUT2D eigenvalue weighted by molar-refractivity contribution is -0.120. The van der Waals surface area contributed by atoms with Gasteiger partial charge in [0.15, 0.2) is 4.34 Å². The number of rotatable bonds is 7. The number of halogens is 1. The lowest BCUT2D eigenvalue weighted by Gasteiger charge is -2.11. The zero-order valence-electron chi connectivity index (χ0n) is 14.0. The minimum Gasteiger partial charge on any atom is -0.351 e. The van der Waals surface area contributed by atoms with E-state index in [2.05, 4.69) is 20.8 Å². The van der Waals surface area contributed by atoms with Crippen LogP contribution in [0.5, 0.6) is 0 Å². The number of anilines is 2. The minimum absolute atomic E-state index is 0.0670. The normalized spacial score (nSPS) is 11.8. The molecule has 1 heterocycles. The van der Waals surface area contributed by atoms with Gasteiger partial charge in [0.25, 0.3) is 0 Å². The molecule has 0 radical (unpaired) electrons. The van der Waals surface area contributed by atoms with Crippen LogP contribution < -0.4 is 10.6 Å². The Hall–Kier alpha value is -2.09. The molecule has 0 aliphatic carbocycles. The zero-order valence-corrected chi connectivity index (χ0v) is 16.4. The summed E-state index contributed by atoms with van der Waals surface area (Å²) in [5.74, 6) is -0.0670. The van der Waals surface area contributed by atoms with Crippen molar-refractivity contribution in [1.29, 1.82) is 0 Å². The summed E-state index contributed by atoms with van der Waals surface area (Å²) in [5.41, 5.74) is 1.84. The van der Waals surface area contributed by atoms with Crippen LogP contribution >= 0.6 is 34.7 Å². The SMILES string of the molecule is C[C@H](Sc1nnc(Nc2ccccc2)s1)C(=O)NCc1ccccc1Cl. The molecule has 0 bridgehead atoms. The highest BCUT2D eigenvalue weighted by Crippen LogP contribution is 2.30. The Morgan fingerprint density at radius 2 is 1.88 bits per heavy atom. The second-order valence-corrected chi connectivity index (χ2v) is 8.41. The molecule has 0 saturated heterocycles. The van der Waals surface area contributed by atoms with Crippen LogP contribution in [0.4, 0.5) is 10.8 Å². The molecule has 1 amide bonds. The monoisotopic (exact) mass is 404 g/mol. The van der Waals surface area contributed by atoms with E-state index < -0.39 is 0 Å². The van der Waals surface area contributed by atoms with Crippen LogP contribution in [0.25, 0.3) is 0 Å². The van der Waals surface area contributed by atoms with Gasteiger partial charge in [0.05, 0.1) is 5.25 Å². The summed E-state index contributed by atoms with van der Waals surface area (Å²) in [7, 11) is 0. The molecule has 3 rings (SSSR count). The molecule has 26 heavy (non-hydrogen) atoms. The Bertz CT molecular complexity index is 872. The van der Waals surface area contributed by atoms with Crippen molar-refractivity contribution in [2.24, 2.45) is 0 Å². The third kappa shape index (κ3) is 5.20. The third-order valence-electron chi connectivity index (χ3n) is 3.49. The average Bonchev–Trinajstić information content (AvgIpc) is 3.08. The first-order valence-electron chi connectivity index (χ1n) is 7.95. The number of aromatic nitrogens is 2. The highest BCUT2D eigenvalue weighted by molar-refractivity contribution is 8.02. The number of nitrogens with zero attached hydrogens (tertiary/aromatic N) is 2. The number of hydrogen-bond acceptors (Lipinski definition) is 6. The number of thioether (sulfide) groups is 1. The molecule has 0 spiro atoms. The van der Waals surface area contributed by atoms with E-state index in [0.29, 0.717) is 16.7 Å². The topological polar surface area (TPSA) is 66.9 Å². The van der Waals surface area contributed by atoms with Gasteiger partial charge in [-0.15, -0.1) is 10.2 Å². The van der Waals surface area contributed by atoms with E-state index >= 15 is 0 Å². The summed E-state index contributed by atoms with van der Waals surface area (Å²) in [6, 6.07) is 17.2. The van der Waals surface area contributed by atoms with Gasteiger partial charge in [-0.05, 0) is 30.7 Å². The molecule has 0 saturated carbocycles. The molecule has 1 atom stereocenters. The van der Waals surface area contributed by atoms with Crippen LogP contribution in [0.1, 0.15) is 12.5 Å². The summed E-state index contributed by atoms with van der Waals surface area (Å²) in [6.07, 6.45) is 0. The molecular weight excluding hydrogens is 388 g/mol. The second-order valence-electron chi connectivity index (χ2n) is 5.43. The third-order valence-corrected chi connectivity index (χ3v) is 5.88. The van der Waals surface area contributed by atoms with Gasteiger partial charge < -0.3 is 10.6 Å². The smallest absolute Gasteiger partial charge is 0.233 e. The molecule has 134 valence electrons. The Kier molecular flexibility index (Phi) is 6.49. The molecule has 1 aromatic heterocycles. The maximum atomic E-state index is 12.3. The number of carbonyl (C=O) groups is 1. The average molecular weight is 405 g/mol. The number of amides is 1. The van der Waals surface area contributed by atoms with Crippen molar-refractivity contribution in [3.63, 3.8) is 0 Å². The van der Waals surface area contributed by atoms with Crippen LogP contribution in [-0.4, -0.2) is 21.4 Å². The van der Waals surface area contributed by atoms with E-state index in [1.165, 1.54) is 23.1 Å². The fraction of sp³-hybridized carbons (Fsp3) is 0.167. The maximum absolute atomic E-state index is 12.3. The fourth-order valence-corrected chi connectivity index (χ4v) is 4.27. The van der Waals surface area contributed by atoms with Crippen LogP contribution in [0.2, 0.25) is 5.02 Å². The van der Waals surface area contributed by atoms with Crippen molar-refractivity contribution in [2.75, 3.05) is 5.32 Å². The Morgan fingerprint density at radius 1 is 1.15 bits per heavy atom. The van der Waals surface area contributed by atoms with Gasteiger partial charge in [-0.25, -0.2) is 0 Å². The number of para-hydroxylation sites is 1. The van der Waals surface area contributed by atoms with E-state index in [1.54, 1.807) is 0 Å². The highest BCUT2D eigenvalue weighted by atomic mass is 35.5. The van der Waals surface area contributed by atoms with Crippen LogP contribution in [-0.2, 0) is 11.3 Å². The molecule has 0 unspecified atom stereocenters. The van der Waals surface area contributed by atoms with Crippen molar-refractivity contribution in [3.8, 4) is 0 Å². The summed E-state index contributed by atoms with van der Waals surface area (Å²) >= 11 is 8.91. The van der Waals surface area contributed by atoms with Gasteiger partial charge in [-0.1, -0.05) is 71.1 Å². The minimum atomic E-state index is -0.282. The van der Waals surface area contributed by atoms with Gasteiger partial charge in [0.2, 0.25) is 11.0 Å². The fourth-order valence-electron chi connectivity index (χ4n) is 2.13. The van der Waals surface area contributed by atoms with Crippen LogP contribution in [0, 0.1) is 0 Å². The predicted molar refractivity (Wildman–Crippen MR) is 108 cm³/mol. The van der Waals surface area contributed by atoms with Crippen molar-refractivity contribution < 1.29 is 4.79 Å². The largest absolute Gasteiger partial charge is 0.351 e. The van der Waals surface area contributed by atoms with E-state index in [0.717, 1.165) is 15.6 Å². The maximum Gasteiger partial charge on any atom is 0.233 e. The number of benzene rings is 2. The van der Waals surface area contributed by atoms with Crippen LogP contribution in [0.15, 0.2) is 58.9 Å². The van der Waals surface area contributed by atoms with Gasteiger partial charge in [-0.3, -0.25) is 4.79 Å². The zero-order chi connectivity index (χ0) is 18.4. The second kappa shape index (κ2) is 9.02. The number of nitrogens with one attached hydrogen (secondary N) is 2. The van der Waals surface area contributed by atoms with Crippen LogP contribution in [0.3, 0.4) is 0 Å². The van der Waals surface area contributed by atoms with Crippen molar-refractivity contribution in [2.45, 2.75) is 23.1 Å². The van der Waals surface area contributed by atoms with Gasteiger partial charge in [-0.2, -0.15) is 0 Å². The van der Waals surface area contributed by atoms with E-state index in [-0.39, 0.29) is 11.2 Å². The Morgan fingerprint density at radius 3 is 2.65 bits per heavy atom. The van der Waals surface area contributed by atoms with E-state index in [1.807, 2.05) is 61.5 Å². The first kappa shape index (κ1) is 18.7. The highest BCUT2D eigenvalue weighted by Gasteiger charge is 2.17. The lowest BCUT2D eigenvalue weighted by atomic mass is 10.2. The molecule has 2 aromatic carbocycles. The molecule has 3 aromatic rings.